The molecule has 0 spiro atoms. The Hall–Kier alpha value is -2.72. The van der Waals surface area contributed by atoms with Gasteiger partial charge in [-0.3, -0.25) is 14.5 Å². The minimum atomic E-state index is -0.217. The molecule has 5 heterocycles. The van der Waals surface area contributed by atoms with Crippen LogP contribution in [0.5, 0.6) is 0 Å². The molecular formula is C28H32Cl2N6O3. The number of hydrogen-bond acceptors (Lipinski definition) is 7. The van der Waals surface area contributed by atoms with Gasteiger partial charge in [0.2, 0.25) is 11.8 Å². The first-order chi connectivity index (χ1) is 18.3. The maximum Gasteiger partial charge on any atom is 0.233 e. The van der Waals surface area contributed by atoms with E-state index in [9.17, 15) is 9.59 Å². The SMILES string of the molecule is CC1(C)C2C(=O)N(Cc3cc4c(-c5cc(Cl)cc6c5N(C[C@@H]5CNCCO5)CCC6)ncnn4c3)C(=O)C21.Cl. The lowest BCUT2D eigenvalue weighted by molar-refractivity contribution is -0.143. The number of anilines is 1. The molecule has 2 unspecified atom stereocenters. The van der Waals surface area contributed by atoms with Gasteiger partial charge >= 0.3 is 0 Å². The molecule has 3 atom stereocenters. The molecule has 3 fully saturated rings. The first-order valence-electron chi connectivity index (χ1n) is 13.4. The van der Waals surface area contributed by atoms with Crippen LogP contribution in [0.4, 0.5) is 5.69 Å². The van der Waals surface area contributed by atoms with Crippen LogP contribution < -0.4 is 10.2 Å². The van der Waals surface area contributed by atoms with Crippen LogP contribution in [0, 0.1) is 17.3 Å². The molecule has 1 aliphatic carbocycles. The average molecular weight is 572 g/mol. The van der Waals surface area contributed by atoms with E-state index in [0.29, 0.717) is 5.02 Å². The third-order valence-electron chi connectivity index (χ3n) is 8.72. The van der Waals surface area contributed by atoms with Gasteiger partial charge in [0.05, 0.1) is 42.3 Å². The third kappa shape index (κ3) is 4.30. The molecular weight excluding hydrogens is 539 g/mol. The van der Waals surface area contributed by atoms with Gasteiger partial charge in [0, 0.05) is 48.6 Å². The molecule has 0 radical (unpaired) electrons. The molecule has 9 nitrogen and oxygen atoms in total. The zero-order valence-electron chi connectivity index (χ0n) is 22.0. The summed E-state index contributed by atoms with van der Waals surface area (Å²) in [5.41, 5.74) is 5.55. The summed E-state index contributed by atoms with van der Waals surface area (Å²) in [6.45, 7) is 8.41. The Morgan fingerprint density at radius 2 is 1.97 bits per heavy atom. The van der Waals surface area contributed by atoms with Crippen LogP contribution >= 0.6 is 24.0 Å². The molecule has 1 saturated carbocycles. The third-order valence-corrected chi connectivity index (χ3v) is 8.94. The van der Waals surface area contributed by atoms with Crippen LogP contribution in [0.25, 0.3) is 16.8 Å². The van der Waals surface area contributed by atoms with Gasteiger partial charge in [-0.15, -0.1) is 12.4 Å². The highest BCUT2D eigenvalue weighted by molar-refractivity contribution is 6.31. The first kappa shape index (κ1) is 26.5. The van der Waals surface area contributed by atoms with E-state index in [0.717, 1.165) is 73.7 Å². The lowest BCUT2D eigenvalue weighted by Gasteiger charge is -2.37. The number of morpholine rings is 1. The number of likely N-dealkylation sites (tertiary alicyclic amines) is 1. The highest BCUT2D eigenvalue weighted by Crippen LogP contribution is 2.63. The Labute approximate surface area is 238 Å². The van der Waals surface area contributed by atoms with Crippen LogP contribution in [0.2, 0.25) is 5.02 Å². The number of nitrogens with one attached hydrogen (secondary N) is 1. The second-order valence-corrected chi connectivity index (χ2v) is 12.0. The molecule has 2 aromatic heterocycles. The maximum absolute atomic E-state index is 12.9. The lowest BCUT2D eigenvalue weighted by atomic mass is 9.95. The van der Waals surface area contributed by atoms with E-state index in [1.165, 1.54) is 10.5 Å². The van der Waals surface area contributed by atoms with Crippen LogP contribution in [-0.4, -0.2) is 70.2 Å². The van der Waals surface area contributed by atoms with Crippen molar-refractivity contribution in [2.75, 3.05) is 37.7 Å². The Kier molecular flexibility index (Phi) is 6.61. The van der Waals surface area contributed by atoms with E-state index >= 15 is 0 Å². The topological polar surface area (TPSA) is 92.1 Å². The minimum Gasteiger partial charge on any atom is -0.374 e. The summed E-state index contributed by atoms with van der Waals surface area (Å²) in [7, 11) is 0. The summed E-state index contributed by atoms with van der Waals surface area (Å²) in [6.07, 6.45) is 5.55. The second-order valence-electron chi connectivity index (χ2n) is 11.5. The van der Waals surface area contributed by atoms with Gasteiger partial charge in [-0.05, 0) is 47.6 Å². The molecule has 3 aliphatic heterocycles. The van der Waals surface area contributed by atoms with Crippen LogP contribution in [0.1, 0.15) is 31.4 Å². The first-order valence-corrected chi connectivity index (χ1v) is 13.8. The predicted octanol–water partition coefficient (Wildman–Crippen LogP) is 3.35. The zero-order chi connectivity index (χ0) is 26.2. The molecule has 4 aliphatic rings. The molecule has 0 bridgehead atoms. The maximum atomic E-state index is 12.9. The molecule has 2 saturated heterocycles. The number of fused-ring (bicyclic) bond motifs is 3. The van der Waals surface area contributed by atoms with Crippen LogP contribution in [0.3, 0.4) is 0 Å². The fraction of sp³-hybridized carbons (Fsp3) is 0.500. The minimum absolute atomic E-state index is 0. The smallest absolute Gasteiger partial charge is 0.233 e. The van der Waals surface area contributed by atoms with Crippen molar-refractivity contribution in [3.8, 4) is 11.3 Å². The van der Waals surface area contributed by atoms with Crippen molar-refractivity contribution in [1.29, 1.82) is 0 Å². The van der Waals surface area contributed by atoms with E-state index in [2.05, 4.69) is 21.4 Å². The molecule has 3 aromatic rings. The average Bonchev–Trinajstić information content (AvgIpc) is 3.14. The Bertz CT molecular complexity index is 1440. The number of nitrogens with zero attached hydrogens (tertiary/aromatic N) is 5. The standard InChI is InChI=1S/C28H31ClN6O3.ClH/c1-28(2)22-23(28)27(37)34(26(22)36)12-16-8-21-24(31-15-32-35(21)13-16)20-10-18(29)9-17-4-3-6-33(25(17)20)14-19-11-30-5-7-38-19;/h8-10,13,15,19,22-23,30H,3-7,11-12,14H2,1-2H3;1H/t19-,22?,23?;/m0./s1. The molecule has 7 rings (SSSR count). The van der Waals surface area contributed by atoms with Gasteiger partial charge in [0.25, 0.3) is 0 Å². The normalized spacial score (nSPS) is 25.5. The molecule has 1 N–H and O–H groups in total. The van der Waals surface area contributed by atoms with Gasteiger partial charge in [0.1, 0.15) is 6.33 Å². The number of amides is 2. The number of aryl methyl sites for hydroxylation is 1. The van der Waals surface area contributed by atoms with Crippen molar-refractivity contribution in [1.82, 2.24) is 24.8 Å². The van der Waals surface area contributed by atoms with Crippen molar-refractivity contribution in [3.63, 3.8) is 0 Å². The van der Waals surface area contributed by atoms with E-state index in [-0.39, 0.29) is 54.1 Å². The van der Waals surface area contributed by atoms with Crippen molar-refractivity contribution >= 4 is 47.0 Å². The summed E-state index contributed by atoms with van der Waals surface area (Å²) < 4.78 is 7.80. The number of ether oxygens (including phenoxy) is 1. The zero-order valence-corrected chi connectivity index (χ0v) is 23.6. The number of carbonyl (C=O) groups is 2. The molecule has 2 amide bonds. The van der Waals surface area contributed by atoms with Crippen LogP contribution in [-0.2, 0) is 27.3 Å². The van der Waals surface area contributed by atoms with Crippen molar-refractivity contribution < 1.29 is 14.3 Å². The fourth-order valence-corrected chi connectivity index (χ4v) is 7.00. The number of halogens is 2. The number of benzene rings is 1. The monoisotopic (exact) mass is 570 g/mol. The van der Waals surface area contributed by atoms with Crippen LogP contribution in [0.15, 0.2) is 30.7 Å². The number of aromatic nitrogens is 3. The quantitative estimate of drug-likeness (QED) is 0.470. The number of imide groups is 1. The number of carbonyl (C=O) groups excluding carboxylic acids is 2. The Morgan fingerprint density at radius 3 is 2.72 bits per heavy atom. The highest BCUT2D eigenvalue weighted by Gasteiger charge is 2.72. The van der Waals surface area contributed by atoms with Gasteiger partial charge in [-0.1, -0.05) is 25.4 Å². The second kappa shape index (κ2) is 9.73. The Morgan fingerprint density at radius 1 is 1.18 bits per heavy atom. The summed E-state index contributed by atoms with van der Waals surface area (Å²) in [4.78, 5) is 34.3. The number of hydrogen-bond donors (Lipinski definition) is 1. The van der Waals surface area contributed by atoms with Crippen molar-refractivity contribution in [3.05, 3.63) is 46.9 Å². The fourth-order valence-electron chi connectivity index (χ4n) is 6.76. The number of rotatable bonds is 5. The van der Waals surface area contributed by atoms with Gasteiger partial charge in [-0.2, -0.15) is 5.10 Å². The van der Waals surface area contributed by atoms with E-state index < -0.39 is 0 Å². The molecule has 206 valence electrons. The van der Waals surface area contributed by atoms with E-state index in [1.54, 1.807) is 10.8 Å². The van der Waals surface area contributed by atoms with Gasteiger partial charge in [-0.25, -0.2) is 9.50 Å². The van der Waals surface area contributed by atoms with E-state index in [4.69, 9.17) is 21.3 Å². The lowest BCUT2D eigenvalue weighted by Crippen LogP contribution is -2.46. The summed E-state index contributed by atoms with van der Waals surface area (Å²) in [5.74, 6) is -0.500. The summed E-state index contributed by atoms with van der Waals surface area (Å²) in [5, 5.41) is 8.54. The molecule has 11 heteroatoms. The number of piperidine rings is 1. The van der Waals surface area contributed by atoms with Gasteiger partial charge in [0.15, 0.2) is 0 Å². The predicted molar refractivity (Wildman–Crippen MR) is 150 cm³/mol. The summed E-state index contributed by atoms with van der Waals surface area (Å²) >= 11 is 6.63. The molecule has 39 heavy (non-hydrogen) atoms. The van der Waals surface area contributed by atoms with Gasteiger partial charge < -0.3 is 15.0 Å². The van der Waals surface area contributed by atoms with Crippen molar-refractivity contribution in [2.24, 2.45) is 17.3 Å². The largest absolute Gasteiger partial charge is 0.374 e. The highest BCUT2D eigenvalue weighted by atomic mass is 35.5. The van der Waals surface area contributed by atoms with E-state index in [1.807, 2.05) is 32.2 Å². The Balaban J connectivity index is 0.00000277. The van der Waals surface area contributed by atoms with Crippen molar-refractivity contribution in [2.45, 2.75) is 39.3 Å². The molecule has 1 aromatic carbocycles. The summed E-state index contributed by atoms with van der Waals surface area (Å²) in [6, 6.07) is 6.03.